The standard InChI is InChI=1S/C16H18O4/c1-9-5-11-12-6-10(2)8-16(18)20-14(12)4-3-13(11)19-15(17)7-9/h3-4,9-10H,5-8H2,1-2H3. The van der Waals surface area contributed by atoms with Gasteiger partial charge < -0.3 is 9.47 Å². The molecule has 2 aliphatic heterocycles. The lowest BCUT2D eigenvalue weighted by Gasteiger charge is -2.15. The highest BCUT2D eigenvalue weighted by Gasteiger charge is 2.28. The Morgan fingerprint density at radius 1 is 0.800 bits per heavy atom. The van der Waals surface area contributed by atoms with Crippen LogP contribution in [0.2, 0.25) is 0 Å². The van der Waals surface area contributed by atoms with Gasteiger partial charge in [-0.15, -0.1) is 0 Å². The summed E-state index contributed by atoms with van der Waals surface area (Å²) in [5.41, 5.74) is 2.06. The molecule has 20 heavy (non-hydrogen) atoms. The predicted molar refractivity (Wildman–Crippen MR) is 72.7 cm³/mol. The summed E-state index contributed by atoms with van der Waals surface area (Å²) in [6.45, 7) is 4.09. The molecule has 0 saturated carbocycles. The van der Waals surface area contributed by atoms with E-state index in [0.29, 0.717) is 24.3 Å². The van der Waals surface area contributed by atoms with E-state index in [4.69, 9.17) is 9.47 Å². The van der Waals surface area contributed by atoms with Crippen molar-refractivity contribution in [3.63, 3.8) is 0 Å². The molecular formula is C16H18O4. The summed E-state index contributed by atoms with van der Waals surface area (Å²) < 4.78 is 10.8. The molecule has 0 bridgehead atoms. The van der Waals surface area contributed by atoms with Gasteiger partial charge in [-0.2, -0.15) is 0 Å². The maximum Gasteiger partial charge on any atom is 0.311 e. The number of hydrogen-bond acceptors (Lipinski definition) is 4. The second-order valence-electron chi connectivity index (χ2n) is 5.99. The molecule has 106 valence electrons. The molecular weight excluding hydrogens is 256 g/mol. The largest absolute Gasteiger partial charge is 0.426 e. The third kappa shape index (κ3) is 2.42. The molecule has 0 saturated heterocycles. The molecule has 0 fully saturated rings. The number of carbonyl (C=O) groups is 2. The van der Waals surface area contributed by atoms with Crippen LogP contribution in [0.4, 0.5) is 0 Å². The summed E-state index contributed by atoms with van der Waals surface area (Å²) in [6, 6.07) is 3.49. The van der Waals surface area contributed by atoms with Gasteiger partial charge in [0.1, 0.15) is 11.5 Å². The normalized spacial score (nSPS) is 25.7. The molecule has 2 aliphatic rings. The summed E-state index contributed by atoms with van der Waals surface area (Å²) in [5, 5.41) is 0. The van der Waals surface area contributed by atoms with Crippen LogP contribution in [-0.4, -0.2) is 11.9 Å². The second kappa shape index (κ2) is 4.93. The maximum absolute atomic E-state index is 11.7. The van der Waals surface area contributed by atoms with Crippen LogP contribution in [0.3, 0.4) is 0 Å². The second-order valence-corrected chi connectivity index (χ2v) is 5.99. The molecule has 1 aromatic rings. The minimum Gasteiger partial charge on any atom is -0.426 e. The van der Waals surface area contributed by atoms with Gasteiger partial charge in [0.2, 0.25) is 0 Å². The Morgan fingerprint density at radius 3 is 1.60 bits per heavy atom. The third-order valence-corrected chi connectivity index (χ3v) is 3.93. The Bertz CT molecular complexity index is 525. The van der Waals surface area contributed by atoms with Crippen molar-refractivity contribution < 1.29 is 19.1 Å². The molecule has 0 N–H and O–H groups in total. The van der Waals surface area contributed by atoms with Gasteiger partial charge in [0.25, 0.3) is 0 Å². The molecule has 3 rings (SSSR count). The number of esters is 2. The third-order valence-electron chi connectivity index (χ3n) is 3.93. The van der Waals surface area contributed by atoms with Gasteiger partial charge in [-0.25, -0.2) is 0 Å². The fraction of sp³-hybridized carbons (Fsp3) is 0.500. The Labute approximate surface area is 118 Å². The SMILES string of the molecule is CC1CC(=O)Oc2ccc3c(c2C1)CC(C)CC(=O)O3. The van der Waals surface area contributed by atoms with E-state index in [0.717, 1.165) is 24.0 Å². The Hall–Kier alpha value is -1.84. The molecule has 2 atom stereocenters. The molecule has 0 radical (unpaired) electrons. The van der Waals surface area contributed by atoms with Crippen molar-refractivity contribution in [1.29, 1.82) is 0 Å². The summed E-state index contributed by atoms with van der Waals surface area (Å²) in [7, 11) is 0. The van der Waals surface area contributed by atoms with Crippen molar-refractivity contribution in [1.82, 2.24) is 0 Å². The van der Waals surface area contributed by atoms with E-state index in [1.165, 1.54) is 0 Å². The highest BCUT2D eigenvalue weighted by molar-refractivity contribution is 5.76. The van der Waals surface area contributed by atoms with Gasteiger partial charge in [0.05, 0.1) is 0 Å². The van der Waals surface area contributed by atoms with Crippen LogP contribution in [0.5, 0.6) is 11.5 Å². The Morgan fingerprint density at radius 2 is 1.20 bits per heavy atom. The number of fused-ring (bicyclic) bond motifs is 3. The lowest BCUT2D eigenvalue weighted by atomic mass is 9.89. The van der Waals surface area contributed by atoms with Crippen molar-refractivity contribution in [2.75, 3.05) is 0 Å². The van der Waals surface area contributed by atoms with Gasteiger partial charge >= 0.3 is 11.9 Å². The molecule has 1 aromatic carbocycles. The van der Waals surface area contributed by atoms with Crippen molar-refractivity contribution in [3.05, 3.63) is 23.3 Å². The summed E-state index contributed by atoms with van der Waals surface area (Å²) in [5.74, 6) is 1.37. The highest BCUT2D eigenvalue weighted by atomic mass is 16.5. The van der Waals surface area contributed by atoms with Crippen LogP contribution in [0.15, 0.2) is 12.1 Å². The van der Waals surface area contributed by atoms with E-state index in [2.05, 4.69) is 0 Å². The monoisotopic (exact) mass is 274 g/mol. The first kappa shape index (κ1) is 13.2. The zero-order valence-electron chi connectivity index (χ0n) is 11.8. The van der Waals surface area contributed by atoms with Gasteiger partial charge in [0.15, 0.2) is 0 Å². The average molecular weight is 274 g/mol. The molecule has 0 spiro atoms. The Balaban J connectivity index is 2.10. The van der Waals surface area contributed by atoms with Crippen molar-refractivity contribution in [2.45, 2.75) is 39.5 Å². The van der Waals surface area contributed by atoms with Crippen LogP contribution in [0.1, 0.15) is 37.8 Å². The van der Waals surface area contributed by atoms with Crippen LogP contribution in [-0.2, 0) is 22.4 Å². The summed E-state index contributed by atoms with van der Waals surface area (Å²) in [6.07, 6.45) is 2.43. The van der Waals surface area contributed by atoms with Crippen molar-refractivity contribution >= 4 is 11.9 Å². The topological polar surface area (TPSA) is 52.6 Å². The molecule has 0 aromatic heterocycles. The number of ether oxygens (including phenoxy) is 2. The number of hydrogen-bond donors (Lipinski definition) is 0. The number of benzene rings is 1. The molecule has 0 aliphatic carbocycles. The quantitative estimate of drug-likeness (QED) is 0.539. The highest BCUT2D eigenvalue weighted by Crippen LogP contribution is 2.38. The molecule has 2 heterocycles. The fourth-order valence-corrected chi connectivity index (χ4v) is 3.03. The first-order valence-corrected chi connectivity index (χ1v) is 7.09. The molecule has 4 heteroatoms. The molecule has 2 unspecified atom stereocenters. The van der Waals surface area contributed by atoms with E-state index in [-0.39, 0.29) is 23.8 Å². The molecule has 4 nitrogen and oxygen atoms in total. The zero-order chi connectivity index (χ0) is 14.3. The van der Waals surface area contributed by atoms with E-state index in [9.17, 15) is 9.59 Å². The van der Waals surface area contributed by atoms with Crippen LogP contribution in [0.25, 0.3) is 0 Å². The van der Waals surface area contributed by atoms with Crippen LogP contribution in [0, 0.1) is 11.8 Å². The van der Waals surface area contributed by atoms with E-state index in [1.54, 1.807) is 12.1 Å². The molecule has 0 amide bonds. The van der Waals surface area contributed by atoms with E-state index < -0.39 is 0 Å². The predicted octanol–water partition coefficient (Wildman–Crippen LogP) is 2.66. The Kier molecular flexibility index (Phi) is 3.24. The zero-order valence-corrected chi connectivity index (χ0v) is 11.8. The van der Waals surface area contributed by atoms with Gasteiger partial charge in [-0.05, 0) is 36.8 Å². The summed E-state index contributed by atoms with van der Waals surface area (Å²) in [4.78, 5) is 23.4. The summed E-state index contributed by atoms with van der Waals surface area (Å²) >= 11 is 0. The first-order chi connectivity index (χ1) is 9.52. The van der Waals surface area contributed by atoms with Crippen LogP contribution < -0.4 is 9.47 Å². The van der Waals surface area contributed by atoms with E-state index in [1.807, 2.05) is 13.8 Å². The van der Waals surface area contributed by atoms with Crippen molar-refractivity contribution in [2.24, 2.45) is 11.8 Å². The minimum atomic E-state index is -0.185. The first-order valence-electron chi connectivity index (χ1n) is 7.09. The van der Waals surface area contributed by atoms with Crippen molar-refractivity contribution in [3.8, 4) is 11.5 Å². The van der Waals surface area contributed by atoms with Crippen LogP contribution >= 0.6 is 0 Å². The smallest absolute Gasteiger partial charge is 0.311 e. The fourth-order valence-electron chi connectivity index (χ4n) is 3.03. The minimum absolute atomic E-state index is 0.185. The van der Waals surface area contributed by atoms with E-state index >= 15 is 0 Å². The maximum atomic E-state index is 11.7. The van der Waals surface area contributed by atoms with Gasteiger partial charge in [-0.1, -0.05) is 13.8 Å². The average Bonchev–Trinajstić information content (AvgIpc) is 2.58. The number of carbonyl (C=O) groups excluding carboxylic acids is 2. The lowest BCUT2D eigenvalue weighted by molar-refractivity contribution is -0.136. The van der Waals surface area contributed by atoms with Gasteiger partial charge in [0, 0.05) is 24.0 Å². The number of rotatable bonds is 0. The lowest BCUT2D eigenvalue weighted by Crippen LogP contribution is -2.09. The van der Waals surface area contributed by atoms with Gasteiger partial charge in [-0.3, -0.25) is 9.59 Å².